The molecule has 0 spiro atoms. The van der Waals surface area contributed by atoms with Crippen molar-refractivity contribution < 1.29 is 24.2 Å². The second-order valence-corrected chi connectivity index (χ2v) is 9.29. The van der Waals surface area contributed by atoms with E-state index < -0.39 is 6.10 Å². The summed E-state index contributed by atoms with van der Waals surface area (Å²) in [6.45, 7) is 1.95. The first-order valence-electron chi connectivity index (χ1n) is 11.9. The molecule has 3 aliphatic rings. The predicted octanol–water partition coefficient (Wildman–Crippen LogP) is 1.50. The number of benzene rings is 2. The lowest BCUT2D eigenvalue weighted by Crippen LogP contribution is -2.49. The lowest BCUT2D eigenvalue weighted by molar-refractivity contribution is -0.00717. The summed E-state index contributed by atoms with van der Waals surface area (Å²) in [4.78, 5) is 28.0. The number of aliphatic hydroxyl groups excluding tert-OH is 1. The molecule has 3 N–H and O–H groups in total. The Morgan fingerprint density at radius 2 is 1.91 bits per heavy atom. The van der Waals surface area contributed by atoms with Gasteiger partial charge in [-0.2, -0.15) is 0 Å². The van der Waals surface area contributed by atoms with Gasteiger partial charge in [-0.05, 0) is 48.6 Å². The van der Waals surface area contributed by atoms with Crippen molar-refractivity contribution in [1.29, 1.82) is 0 Å². The molecule has 2 saturated heterocycles. The fraction of sp³-hybridized carbons (Fsp3) is 0.462. The molecule has 3 aliphatic heterocycles. The molecule has 0 aromatic heterocycles. The number of hydrogen-bond acceptors (Lipinski definition) is 6. The van der Waals surface area contributed by atoms with Crippen molar-refractivity contribution in [1.82, 2.24) is 15.5 Å². The summed E-state index contributed by atoms with van der Waals surface area (Å²) in [6.07, 6.45) is 1.88. The summed E-state index contributed by atoms with van der Waals surface area (Å²) < 4.78 is 11.0. The molecule has 8 nitrogen and oxygen atoms in total. The molecule has 2 aromatic rings. The lowest BCUT2D eigenvalue weighted by Gasteiger charge is -2.34. The van der Waals surface area contributed by atoms with E-state index in [-0.39, 0.29) is 36.5 Å². The van der Waals surface area contributed by atoms with Crippen LogP contribution in [0.1, 0.15) is 44.7 Å². The van der Waals surface area contributed by atoms with Crippen LogP contribution in [0, 0.1) is 0 Å². The molecule has 2 aromatic carbocycles. The minimum absolute atomic E-state index is 0.0554. The molecule has 2 amide bonds. The van der Waals surface area contributed by atoms with Crippen molar-refractivity contribution in [3.05, 3.63) is 64.7 Å². The molecule has 5 rings (SSSR count). The Balaban J connectivity index is 1.22. The highest BCUT2D eigenvalue weighted by Crippen LogP contribution is 2.31. The molecule has 0 radical (unpaired) electrons. The summed E-state index contributed by atoms with van der Waals surface area (Å²) >= 11 is 0. The maximum Gasteiger partial charge on any atom is 0.255 e. The van der Waals surface area contributed by atoms with Gasteiger partial charge in [0.05, 0.1) is 44.1 Å². The van der Waals surface area contributed by atoms with Gasteiger partial charge in [0.25, 0.3) is 11.8 Å². The molecule has 8 heteroatoms. The van der Waals surface area contributed by atoms with Gasteiger partial charge in [-0.15, -0.1) is 0 Å². The maximum atomic E-state index is 13.2. The van der Waals surface area contributed by atoms with Gasteiger partial charge in [0.2, 0.25) is 0 Å². The van der Waals surface area contributed by atoms with Crippen molar-refractivity contribution in [3.8, 4) is 5.75 Å². The standard InChI is InChI=1S/C26H31N3O5/c1-33-24-11-17(26(32)29-19-7-8-20(29)15-34-14-19)6-9-21(24)25(31)28-13-23(30)22-10-16-4-2-3-5-18(16)12-27-22/h2-6,9,11,19-20,22-23,27,30H,7-8,10,12-15H2,1H3,(H,28,31)/t19?,20?,22-,23?/m0/s1. The Morgan fingerprint density at radius 3 is 2.65 bits per heavy atom. The highest BCUT2D eigenvalue weighted by atomic mass is 16.5. The number of amides is 2. The number of carbonyl (C=O) groups is 2. The van der Waals surface area contributed by atoms with Crippen LogP contribution in [0.2, 0.25) is 0 Å². The number of morpholine rings is 1. The second-order valence-electron chi connectivity index (χ2n) is 9.29. The van der Waals surface area contributed by atoms with E-state index in [4.69, 9.17) is 9.47 Å². The molecule has 3 unspecified atom stereocenters. The van der Waals surface area contributed by atoms with E-state index in [0.717, 1.165) is 12.8 Å². The molecule has 2 fully saturated rings. The Morgan fingerprint density at radius 1 is 1.18 bits per heavy atom. The van der Waals surface area contributed by atoms with Crippen LogP contribution >= 0.6 is 0 Å². The minimum atomic E-state index is -0.735. The average molecular weight is 466 g/mol. The molecule has 180 valence electrons. The third-order valence-electron chi connectivity index (χ3n) is 7.22. The Bertz CT molecular complexity index is 1060. The van der Waals surface area contributed by atoms with E-state index in [1.807, 2.05) is 17.0 Å². The topological polar surface area (TPSA) is 100 Å². The predicted molar refractivity (Wildman–Crippen MR) is 126 cm³/mol. The van der Waals surface area contributed by atoms with Gasteiger partial charge in [0.15, 0.2) is 0 Å². The number of nitrogens with zero attached hydrogens (tertiary/aromatic N) is 1. The summed E-state index contributed by atoms with van der Waals surface area (Å²) in [6, 6.07) is 13.2. The van der Waals surface area contributed by atoms with E-state index >= 15 is 0 Å². The van der Waals surface area contributed by atoms with Crippen molar-refractivity contribution in [2.75, 3.05) is 26.9 Å². The molecule has 3 heterocycles. The van der Waals surface area contributed by atoms with Crippen molar-refractivity contribution >= 4 is 11.8 Å². The monoisotopic (exact) mass is 465 g/mol. The first-order valence-corrected chi connectivity index (χ1v) is 11.9. The zero-order valence-electron chi connectivity index (χ0n) is 19.3. The first kappa shape index (κ1) is 22.8. The van der Waals surface area contributed by atoms with Gasteiger partial charge >= 0.3 is 0 Å². The second kappa shape index (κ2) is 9.74. The smallest absolute Gasteiger partial charge is 0.255 e. The molecule has 0 aliphatic carbocycles. The molecular weight excluding hydrogens is 434 g/mol. The highest BCUT2D eigenvalue weighted by molar-refractivity contribution is 6.00. The lowest BCUT2D eigenvalue weighted by atomic mass is 9.93. The summed E-state index contributed by atoms with van der Waals surface area (Å²) in [5.74, 6) is -0.0687. The van der Waals surface area contributed by atoms with Gasteiger partial charge in [-0.1, -0.05) is 24.3 Å². The molecule has 4 atom stereocenters. The third-order valence-corrected chi connectivity index (χ3v) is 7.22. The molecule has 2 bridgehead atoms. The van der Waals surface area contributed by atoms with Crippen molar-refractivity contribution in [2.45, 2.75) is 50.0 Å². The summed E-state index contributed by atoms with van der Waals surface area (Å²) in [7, 11) is 1.48. The Hall–Kier alpha value is -2.94. The number of rotatable bonds is 6. The van der Waals surface area contributed by atoms with Crippen molar-refractivity contribution in [3.63, 3.8) is 0 Å². The molecular formula is C26H31N3O5. The van der Waals surface area contributed by atoms with Crippen LogP contribution in [-0.4, -0.2) is 72.9 Å². The van der Waals surface area contributed by atoms with E-state index in [9.17, 15) is 14.7 Å². The number of fused-ring (bicyclic) bond motifs is 3. The van der Waals surface area contributed by atoms with Crippen LogP contribution in [0.3, 0.4) is 0 Å². The normalized spacial score (nSPS) is 24.3. The van der Waals surface area contributed by atoms with Gasteiger partial charge in [0, 0.05) is 24.7 Å². The van der Waals surface area contributed by atoms with Crippen LogP contribution in [0.4, 0.5) is 0 Å². The van der Waals surface area contributed by atoms with Gasteiger partial charge in [-0.25, -0.2) is 0 Å². The number of hydrogen-bond donors (Lipinski definition) is 3. The van der Waals surface area contributed by atoms with Crippen LogP contribution in [0.15, 0.2) is 42.5 Å². The first-order chi connectivity index (χ1) is 16.5. The zero-order chi connectivity index (χ0) is 23.7. The Kier molecular flexibility index (Phi) is 6.54. The molecule has 0 saturated carbocycles. The maximum absolute atomic E-state index is 13.2. The van der Waals surface area contributed by atoms with Crippen LogP contribution < -0.4 is 15.4 Å². The number of methoxy groups -OCH3 is 1. The fourth-order valence-corrected chi connectivity index (χ4v) is 5.31. The quantitative estimate of drug-likeness (QED) is 0.598. The van der Waals surface area contributed by atoms with Gasteiger partial charge in [-0.3, -0.25) is 9.59 Å². The SMILES string of the molecule is COc1cc(C(=O)N2C3CCC2COC3)ccc1C(=O)NCC(O)[C@@H]1Cc2ccccc2CN1. The van der Waals surface area contributed by atoms with Gasteiger partial charge in [0.1, 0.15) is 5.75 Å². The zero-order valence-corrected chi connectivity index (χ0v) is 19.3. The number of ether oxygens (including phenoxy) is 2. The van der Waals surface area contributed by atoms with E-state index in [1.54, 1.807) is 18.2 Å². The minimum Gasteiger partial charge on any atom is -0.496 e. The van der Waals surface area contributed by atoms with Crippen LogP contribution in [-0.2, 0) is 17.7 Å². The Labute approximate surface area is 199 Å². The summed E-state index contributed by atoms with van der Waals surface area (Å²) in [5, 5.41) is 16.8. The van der Waals surface area contributed by atoms with Gasteiger partial charge < -0.3 is 30.1 Å². The highest BCUT2D eigenvalue weighted by Gasteiger charge is 2.40. The van der Waals surface area contributed by atoms with E-state index in [1.165, 1.54) is 18.2 Å². The van der Waals surface area contributed by atoms with E-state index in [2.05, 4.69) is 22.8 Å². The summed E-state index contributed by atoms with van der Waals surface area (Å²) in [5.41, 5.74) is 3.28. The van der Waals surface area contributed by atoms with E-state index in [0.29, 0.717) is 43.1 Å². The average Bonchev–Trinajstić information content (AvgIpc) is 3.13. The molecule has 34 heavy (non-hydrogen) atoms. The van der Waals surface area contributed by atoms with Crippen molar-refractivity contribution in [2.24, 2.45) is 0 Å². The van der Waals surface area contributed by atoms with Crippen LogP contribution in [0.25, 0.3) is 0 Å². The number of nitrogens with one attached hydrogen (secondary N) is 2. The fourth-order valence-electron chi connectivity index (χ4n) is 5.31. The largest absolute Gasteiger partial charge is 0.496 e. The number of aliphatic hydroxyl groups is 1. The third kappa shape index (κ3) is 4.41. The van der Waals surface area contributed by atoms with Crippen LogP contribution in [0.5, 0.6) is 5.75 Å². The number of carbonyl (C=O) groups excluding carboxylic acids is 2.